The maximum atomic E-state index is 11.4. The van der Waals surface area contributed by atoms with E-state index < -0.39 is 20.1 Å². The highest BCUT2D eigenvalue weighted by Gasteiger charge is 2.25. The lowest BCUT2D eigenvalue weighted by atomic mass is 9.87. The summed E-state index contributed by atoms with van der Waals surface area (Å²) in [5.41, 5.74) is 0. The van der Waals surface area contributed by atoms with E-state index in [1.54, 1.807) is 13.8 Å². The largest absolute Gasteiger partial charge is 0.270 e. The molecule has 0 aromatic carbocycles. The van der Waals surface area contributed by atoms with E-state index >= 15 is 0 Å². The van der Waals surface area contributed by atoms with Crippen LogP contribution < -0.4 is 4.72 Å². The average molecular weight is 313 g/mol. The van der Waals surface area contributed by atoms with Crippen molar-refractivity contribution in [1.29, 1.82) is 0 Å². The fourth-order valence-corrected chi connectivity index (χ4v) is 3.54. The Bertz CT molecular complexity index is 463. The maximum Gasteiger partial charge on any atom is 0.267 e. The zero-order chi connectivity index (χ0) is 14.5. The monoisotopic (exact) mass is 313 g/mol. The molecular formula is C11H23NO5S2. The van der Waals surface area contributed by atoms with Crippen molar-refractivity contribution in [2.24, 2.45) is 5.92 Å². The van der Waals surface area contributed by atoms with Crippen LogP contribution in [0, 0.1) is 5.92 Å². The van der Waals surface area contributed by atoms with Gasteiger partial charge in [0.05, 0.1) is 18.1 Å². The third kappa shape index (κ3) is 6.20. The van der Waals surface area contributed by atoms with Gasteiger partial charge in [0.15, 0.2) is 0 Å². The van der Waals surface area contributed by atoms with Gasteiger partial charge in [-0.3, -0.25) is 4.18 Å². The average Bonchev–Trinajstić information content (AvgIpc) is 2.38. The molecule has 1 saturated carbocycles. The van der Waals surface area contributed by atoms with Crippen molar-refractivity contribution in [2.75, 3.05) is 18.1 Å². The summed E-state index contributed by atoms with van der Waals surface area (Å²) in [5, 5.41) is 0. The molecule has 0 unspecified atom stereocenters. The van der Waals surface area contributed by atoms with E-state index in [0.29, 0.717) is 0 Å². The van der Waals surface area contributed by atoms with Crippen molar-refractivity contribution >= 4 is 20.1 Å². The smallest absolute Gasteiger partial charge is 0.267 e. The van der Waals surface area contributed by atoms with Crippen molar-refractivity contribution in [1.82, 2.24) is 4.72 Å². The summed E-state index contributed by atoms with van der Waals surface area (Å²) in [7, 11) is -6.53. The fraction of sp³-hybridized carbons (Fsp3) is 1.00. The van der Waals surface area contributed by atoms with Crippen LogP contribution in [0.5, 0.6) is 0 Å². The molecule has 1 rings (SSSR count). The first-order valence-electron chi connectivity index (χ1n) is 6.65. The van der Waals surface area contributed by atoms with Gasteiger partial charge < -0.3 is 0 Å². The van der Waals surface area contributed by atoms with Gasteiger partial charge in [0.2, 0.25) is 10.0 Å². The first-order chi connectivity index (χ1) is 8.78. The van der Waals surface area contributed by atoms with Gasteiger partial charge >= 0.3 is 0 Å². The van der Waals surface area contributed by atoms with Crippen LogP contribution >= 0.6 is 0 Å². The minimum Gasteiger partial charge on any atom is -0.270 e. The van der Waals surface area contributed by atoms with Gasteiger partial charge in [-0.1, -0.05) is 0 Å². The Balaban J connectivity index is 2.34. The van der Waals surface area contributed by atoms with Crippen LogP contribution in [0.1, 0.15) is 39.5 Å². The van der Waals surface area contributed by atoms with Crippen LogP contribution in [0.3, 0.4) is 0 Å². The van der Waals surface area contributed by atoms with Crippen molar-refractivity contribution in [3.05, 3.63) is 0 Å². The van der Waals surface area contributed by atoms with E-state index in [9.17, 15) is 16.8 Å². The third-order valence-electron chi connectivity index (χ3n) is 3.41. The topological polar surface area (TPSA) is 89.5 Å². The Kier molecular flexibility index (Phi) is 6.22. The second-order valence-electron chi connectivity index (χ2n) is 4.87. The van der Waals surface area contributed by atoms with Crippen LogP contribution in [-0.2, 0) is 24.3 Å². The molecule has 6 nitrogen and oxygen atoms in total. The van der Waals surface area contributed by atoms with Crippen molar-refractivity contribution in [3.63, 3.8) is 0 Å². The molecule has 0 spiro atoms. The molecule has 8 heteroatoms. The molecule has 0 aromatic rings. The van der Waals surface area contributed by atoms with Gasteiger partial charge in [-0.25, -0.2) is 13.1 Å². The first-order valence-corrected chi connectivity index (χ1v) is 9.88. The van der Waals surface area contributed by atoms with Crippen molar-refractivity contribution in [3.8, 4) is 0 Å². The quantitative estimate of drug-likeness (QED) is 0.704. The molecular weight excluding hydrogens is 290 g/mol. The second kappa shape index (κ2) is 7.01. The summed E-state index contributed by atoms with van der Waals surface area (Å²) < 4.78 is 52.9. The van der Waals surface area contributed by atoms with Crippen molar-refractivity contribution in [2.45, 2.75) is 45.6 Å². The highest BCUT2D eigenvalue weighted by Crippen LogP contribution is 2.25. The Morgan fingerprint density at radius 1 is 1.00 bits per heavy atom. The van der Waals surface area contributed by atoms with Crippen molar-refractivity contribution < 1.29 is 21.0 Å². The maximum absolute atomic E-state index is 11.4. The SMILES string of the molecule is CCS(=O)(=O)NC1CCC(COS(=O)(=O)CC)CC1. The fourth-order valence-electron chi connectivity index (χ4n) is 2.07. The lowest BCUT2D eigenvalue weighted by Gasteiger charge is -2.28. The normalized spacial score (nSPS) is 25.4. The Morgan fingerprint density at radius 3 is 2.05 bits per heavy atom. The van der Waals surface area contributed by atoms with E-state index in [4.69, 9.17) is 4.18 Å². The van der Waals surface area contributed by atoms with E-state index in [1.165, 1.54) is 0 Å². The zero-order valence-corrected chi connectivity index (χ0v) is 13.1. The summed E-state index contributed by atoms with van der Waals surface area (Å²) in [6, 6.07) is -0.0241. The summed E-state index contributed by atoms with van der Waals surface area (Å²) in [6.45, 7) is 3.37. The minimum absolute atomic E-state index is 0.0152. The number of rotatable bonds is 7. The molecule has 0 heterocycles. The van der Waals surface area contributed by atoms with E-state index in [0.717, 1.165) is 25.7 Å². The highest BCUT2D eigenvalue weighted by molar-refractivity contribution is 7.89. The Hall–Kier alpha value is -0.180. The summed E-state index contributed by atoms with van der Waals surface area (Å²) in [6.07, 6.45) is 3.05. The van der Waals surface area contributed by atoms with Crippen LogP contribution in [0.15, 0.2) is 0 Å². The van der Waals surface area contributed by atoms with Crippen LogP contribution in [0.2, 0.25) is 0 Å². The Labute approximate surface area is 116 Å². The Morgan fingerprint density at radius 2 is 1.58 bits per heavy atom. The van der Waals surface area contributed by atoms with Crippen LogP contribution in [-0.4, -0.2) is 41.0 Å². The van der Waals surface area contributed by atoms with Gasteiger partial charge in [-0.15, -0.1) is 0 Å². The zero-order valence-electron chi connectivity index (χ0n) is 11.5. The number of hydrogen-bond donors (Lipinski definition) is 1. The number of hydrogen-bond acceptors (Lipinski definition) is 5. The van der Waals surface area contributed by atoms with Gasteiger partial charge in [-0.05, 0) is 45.4 Å². The molecule has 1 N–H and O–H groups in total. The van der Waals surface area contributed by atoms with E-state index in [2.05, 4.69) is 4.72 Å². The third-order valence-corrected chi connectivity index (χ3v) is 6.06. The second-order valence-corrected chi connectivity index (χ2v) is 8.84. The molecule has 0 aliphatic heterocycles. The molecule has 1 aliphatic carbocycles. The van der Waals surface area contributed by atoms with Gasteiger partial charge in [0, 0.05) is 6.04 Å². The van der Waals surface area contributed by atoms with Gasteiger partial charge in [0.1, 0.15) is 0 Å². The molecule has 0 bridgehead atoms. The first kappa shape index (κ1) is 16.9. The van der Waals surface area contributed by atoms with Crippen LogP contribution in [0.4, 0.5) is 0 Å². The molecule has 0 amide bonds. The van der Waals surface area contributed by atoms with Gasteiger partial charge in [-0.2, -0.15) is 8.42 Å². The molecule has 0 atom stereocenters. The summed E-state index contributed by atoms with van der Waals surface area (Å²) in [5.74, 6) is 0.271. The number of sulfonamides is 1. The summed E-state index contributed by atoms with van der Waals surface area (Å²) in [4.78, 5) is 0. The minimum atomic E-state index is -3.38. The summed E-state index contributed by atoms with van der Waals surface area (Å²) >= 11 is 0. The molecule has 19 heavy (non-hydrogen) atoms. The van der Waals surface area contributed by atoms with Crippen LogP contribution in [0.25, 0.3) is 0 Å². The van der Waals surface area contributed by atoms with E-state index in [1.807, 2.05) is 0 Å². The number of nitrogens with one attached hydrogen (secondary N) is 1. The molecule has 114 valence electrons. The molecule has 1 fully saturated rings. The molecule has 1 aliphatic rings. The standard InChI is InChI=1S/C11H23NO5S2/c1-3-18(13,14)12-11-7-5-10(6-8-11)9-17-19(15,16)4-2/h10-12H,3-9H2,1-2H3. The predicted molar refractivity (Wildman–Crippen MR) is 73.8 cm³/mol. The lowest BCUT2D eigenvalue weighted by molar-refractivity contribution is 0.202. The lowest BCUT2D eigenvalue weighted by Crippen LogP contribution is -2.39. The molecule has 0 aromatic heterocycles. The molecule has 0 radical (unpaired) electrons. The predicted octanol–water partition coefficient (Wildman–Crippen LogP) is 0.851. The highest BCUT2D eigenvalue weighted by atomic mass is 32.2. The van der Waals surface area contributed by atoms with Gasteiger partial charge in [0.25, 0.3) is 10.1 Å². The molecule has 0 saturated heterocycles. The van der Waals surface area contributed by atoms with E-state index in [-0.39, 0.29) is 30.1 Å².